The summed E-state index contributed by atoms with van der Waals surface area (Å²) in [5.41, 5.74) is 1.47. The first-order chi connectivity index (χ1) is 8.37. The van der Waals surface area contributed by atoms with E-state index in [9.17, 15) is 5.11 Å². The Bertz CT molecular complexity index is 526. The maximum atomic E-state index is 9.82. The minimum absolute atomic E-state index is 0.484. The van der Waals surface area contributed by atoms with Gasteiger partial charge in [0.15, 0.2) is 0 Å². The van der Waals surface area contributed by atoms with Crippen LogP contribution in [0.1, 0.15) is 33.3 Å². The molecule has 1 N–H and O–H groups in total. The van der Waals surface area contributed by atoms with Gasteiger partial charge in [-0.1, -0.05) is 13.8 Å². The molecule has 0 radical (unpaired) electrons. The van der Waals surface area contributed by atoms with Crippen LogP contribution in [0.3, 0.4) is 0 Å². The van der Waals surface area contributed by atoms with Gasteiger partial charge in [0, 0.05) is 9.86 Å². The molecule has 0 unspecified atom stereocenters. The highest BCUT2D eigenvalue weighted by Crippen LogP contribution is 2.26. The van der Waals surface area contributed by atoms with Crippen molar-refractivity contribution in [3.05, 3.63) is 28.4 Å². The molecule has 0 atom stereocenters. The predicted molar refractivity (Wildman–Crippen MR) is 79.8 cm³/mol. The third-order valence-corrected chi connectivity index (χ3v) is 2.97. The van der Waals surface area contributed by atoms with Gasteiger partial charge in [-0.15, -0.1) is 0 Å². The summed E-state index contributed by atoms with van der Waals surface area (Å²) in [6.07, 6.45) is 1.83. The zero-order valence-corrected chi connectivity index (χ0v) is 13.2. The molecule has 0 bridgehead atoms. The molecule has 0 fully saturated rings. The van der Waals surface area contributed by atoms with Crippen LogP contribution in [0.5, 0.6) is 0 Å². The number of aryl methyl sites for hydroxylation is 1. The van der Waals surface area contributed by atoms with Gasteiger partial charge in [0.05, 0.1) is 23.9 Å². The number of aliphatic hydroxyl groups is 1. The largest absolute Gasteiger partial charge is 0.389 e. The summed E-state index contributed by atoms with van der Waals surface area (Å²) in [7, 11) is 0. The Balaban J connectivity index is 0.000000771. The van der Waals surface area contributed by atoms with Crippen molar-refractivity contribution in [2.75, 3.05) is 0 Å². The standard InChI is InChI=1S/C12H15BrN2O.C2H6/c1-8-4-9-6-14-15(7-12(2,3)16)11(9)10(13)5-8;1-2/h4-6,16H,7H2,1-3H3;1-2H3. The number of hydrogen-bond donors (Lipinski definition) is 1. The van der Waals surface area contributed by atoms with E-state index in [1.165, 1.54) is 5.56 Å². The van der Waals surface area contributed by atoms with Crippen molar-refractivity contribution in [2.45, 2.75) is 46.8 Å². The molecule has 1 aromatic carbocycles. The molecule has 3 nitrogen and oxygen atoms in total. The minimum Gasteiger partial charge on any atom is -0.389 e. The van der Waals surface area contributed by atoms with Crippen LogP contribution in [0.2, 0.25) is 0 Å². The second-order valence-electron chi connectivity index (χ2n) is 4.80. The quantitative estimate of drug-likeness (QED) is 0.913. The summed E-state index contributed by atoms with van der Waals surface area (Å²) in [4.78, 5) is 0. The fourth-order valence-electron chi connectivity index (χ4n) is 1.81. The van der Waals surface area contributed by atoms with Crippen LogP contribution >= 0.6 is 15.9 Å². The number of benzene rings is 1. The van der Waals surface area contributed by atoms with Gasteiger partial charge in [-0.2, -0.15) is 5.10 Å². The number of rotatable bonds is 2. The van der Waals surface area contributed by atoms with Crippen LogP contribution in [0.15, 0.2) is 22.8 Å². The molecule has 4 heteroatoms. The second kappa shape index (κ2) is 5.85. The van der Waals surface area contributed by atoms with Gasteiger partial charge < -0.3 is 5.11 Å². The molecule has 0 saturated heterocycles. The summed E-state index contributed by atoms with van der Waals surface area (Å²) in [5.74, 6) is 0. The average Bonchev–Trinajstić information content (AvgIpc) is 2.61. The van der Waals surface area contributed by atoms with Gasteiger partial charge in [-0.25, -0.2) is 0 Å². The molecular weight excluding hydrogens is 292 g/mol. The normalized spacial score (nSPS) is 11.3. The lowest BCUT2D eigenvalue weighted by molar-refractivity contribution is 0.0591. The van der Waals surface area contributed by atoms with E-state index in [0.717, 1.165) is 15.4 Å². The average molecular weight is 313 g/mol. The van der Waals surface area contributed by atoms with Gasteiger partial charge in [0.1, 0.15) is 0 Å². The smallest absolute Gasteiger partial charge is 0.0825 e. The predicted octanol–water partition coefficient (Wildman–Crippen LogP) is 3.90. The van der Waals surface area contributed by atoms with E-state index in [2.05, 4.69) is 40.1 Å². The first-order valence-electron chi connectivity index (χ1n) is 6.21. The van der Waals surface area contributed by atoms with Crippen LogP contribution in [0.25, 0.3) is 10.9 Å². The molecule has 100 valence electrons. The van der Waals surface area contributed by atoms with Crippen molar-refractivity contribution in [3.63, 3.8) is 0 Å². The van der Waals surface area contributed by atoms with Crippen molar-refractivity contribution in [1.82, 2.24) is 9.78 Å². The van der Waals surface area contributed by atoms with E-state index in [0.29, 0.717) is 6.54 Å². The van der Waals surface area contributed by atoms with Crippen LogP contribution in [-0.4, -0.2) is 20.5 Å². The van der Waals surface area contributed by atoms with Gasteiger partial charge in [-0.3, -0.25) is 4.68 Å². The highest BCUT2D eigenvalue weighted by atomic mass is 79.9. The van der Waals surface area contributed by atoms with Crippen LogP contribution in [0.4, 0.5) is 0 Å². The van der Waals surface area contributed by atoms with E-state index in [1.807, 2.05) is 24.7 Å². The molecule has 2 rings (SSSR count). The number of nitrogens with zero attached hydrogens (tertiary/aromatic N) is 2. The lowest BCUT2D eigenvalue weighted by Crippen LogP contribution is -2.26. The zero-order valence-electron chi connectivity index (χ0n) is 11.7. The summed E-state index contributed by atoms with van der Waals surface area (Å²) in [5, 5.41) is 15.2. The summed E-state index contributed by atoms with van der Waals surface area (Å²) < 4.78 is 2.85. The molecule has 0 spiro atoms. The van der Waals surface area contributed by atoms with E-state index in [4.69, 9.17) is 0 Å². The fourth-order valence-corrected chi connectivity index (χ4v) is 2.60. The number of hydrogen-bond acceptors (Lipinski definition) is 2. The minimum atomic E-state index is -0.761. The van der Waals surface area contributed by atoms with Crippen LogP contribution in [0, 0.1) is 6.92 Å². The first-order valence-corrected chi connectivity index (χ1v) is 7.00. The third-order valence-electron chi connectivity index (χ3n) is 2.37. The first kappa shape index (κ1) is 15.2. The lowest BCUT2D eigenvalue weighted by Gasteiger charge is -2.17. The maximum absolute atomic E-state index is 9.82. The van der Waals surface area contributed by atoms with Gasteiger partial charge >= 0.3 is 0 Å². The van der Waals surface area contributed by atoms with E-state index < -0.39 is 5.60 Å². The molecule has 0 aliphatic rings. The van der Waals surface area contributed by atoms with Gasteiger partial charge in [0.25, 0.3) is 0 Å². The fraction of sp³-hybridized carbons (Fsp3) is 0.500. The van der Waals surface area contributed by atoms with Crippen molar-refractivity contribution < 1.29 is 5.11 Å². The van der Waals surface area contributed by atoms with Gasteiger partial charge in [-0.05, 0) is 54.4 Å². The van der Waals surface area contributed by atoms with E-state index in [-0.39, 0.29) is 0 Å². The van der Waals surface area contributed by atoms with Crippen molar-refractivity contribution in [2.24, 2.45) is 0 Å². The molecule has 1 heterocycles. The Kier molecular flexibility index (Phi) is 4.93. The van der Waals surface area contributed by atoms with Gasteiger partial charge in [0.2, 0.25) is 0 Å². The summed E-state index contributed by atoms with van der Waals surface area (Å²) in [6, 6.07) is 4.15. The lowest BCUT2D eigenvalue weighted by atomic mass is 10.1. The Labute approximate surface area is 117 Å². The highest BCUT2D eigenvalue weighted by Gasteiger charge is 2.16. The van der Waals surface area contributed by atoms with E-state index in [1.54, 1.807) is 13.8 Å². The molecule has 0 amide bonds. The molecule has 18 heavy (non-hydrogen) atoms. The highest BCUT2D eigenvalue weighted by molar-refractivity contribution is 9.10. The Morgan fingerprint density at radius 2 is 1.94 bits per heavy atom. The summed E-state index contributed by atoms with van der Waals surface area (Å²) in [6.45, 7) is 10.1. The number of fused-ring (bicyclic) bond motifs is 1. The van der Waals surface area contributed by atoms with E-state index >= 15 is 0 Å². The molecule has 0 saturated carbocycles. The molecule has 1 aromatic heterocycles. The maximum Gasteiger partial charge on any atom is 0.0825 e. The monoisotopic (exact) mass is 312 g/mol. The van der Waals surface area contributed by atoms with Crippen LogP contribution in [-0.2, 0) is 6.54 Å². The zero-order chi connectivity index (χ0) is 13.9. The molecule has 2 aromatic rings. The van der Waals surface area contributed by atoms with Crippen LogP contribution < -0.4 is 0 Å². The SMILES string of the molecule is CC.Cc1cc(Br)c2c(cnn2CC(C)(C)O)c1. The number of halogens is 1. The topological polar surface area (TPSA) is 38.0 Å². The van der Waals surface area contributed by atoms with Crippen molar-refractivity contribution in [1.29, 1.82) is 0 Å². The molecular formula is C14H21BrN2O. The molecule has 0 aliphatic heterocycles. The Morgan fingerprint density at radius 1 is 1.33 bits per heavy atom. The Hall–Kier alpha value is -0.870. The third kappa shape index (κ3) is 3.56. The summed E-state index contributed by atoms with van der Waals surface area (Å²) >= 11 is 3.54. The van der Waals surface area contributed by atoms with Crippen molar-refractivity contribution in [3.8, 4) is 0 Å². The molecule has 0 aliphatic carbocycles. The Morgan fingerprint density at radius 3 is 2.50 bits per heavy atom. The number of aromatic nitrogens is 2. The second-order valence-corrected chi connectivity index (χ2v) is 5.65. The van der Waals surface area contributed by atoms with Crippen molar-refractivity contribution >= 4 is 26.8 Å².